The predicted molar refractivity (Wildman–Crippen MR) is 68.6 cm³/mol. The lowest BCUT2D eigenvalue weighted by molar-refractivity contribution is 0.414. The predicted octanol–water partition coefficient (Wildman–Crippen LogP) is 2.13. The summed E-state index contributed by atoms with van der Waals surface area (Å²) in [7, 11) is 1.64. The summed E-state index contributed by atoms with van der Waals surface area (Å²) in [4.78, 5) is 8.43. The highest BCUT2D eigenvalue weighted by Crippen LogP contribution is 2.47. The first kappa shape index (κ1) is 12.0. The Balaban J connectivity index is 2.18. The van der Waals surface area contributed by atoms with Gasteiger partial charge in [0.05, 0.1) is 7.11 Å². The molecule has 0 bridgehead atoms. The van der Waals surface area contributed by atoms with Gasteiger partial charge in [0.2, 0.25) is 5.75 Å². The summed E-state index contributed by atoms with van der Waals surface area (Å²) in [6, 6.07) is 0.473. The lowest BCUT2D eigenvalue weighted by atomic mass is 10.2. The maximum absolute atomic E-state index is 5.38. The molecule has 1 aliphatic rings. The summed E-state index contributed by atoms with van der Waals surface area (Å²) in [6.07, 6.45) is 2.72. The Morgan fingerprint density at radius 3 is 2.59 bits per heavy atom. The molecule has 1 fully saturated rings. The van der Waals surface area contributed by atoms with E-state index in [9.17, 15) is 0 Å². The van der Waals surface area contributed by atoms with Crippen molar-refractivity contribution in [1.29, 1.82) is 0 Å². The Labute approximate surface area is 102 Å². The maximum Gasteiger partial charge on any atom is 0.204 e. The Hall–Kier alpha value is -1.52. The van der Waals surface area contributed by atoms with E-state index < -0.39 is 0 Å². The maximum atomic E-state index is 5.38. The number of anilines is 2. The van der Waals surface area contributed by atoms with Crippen LogP contribution in [0.4, 0.5) is 11.6 Å². The van der Waals surface area contributed by atoms with Gasteiger partial charge in [-0.3, -0.25) is 0 Å². The molecule has 1 heterocycles. The molecule has 1 atom stereocenters. The van der Waals surface area contributed by atoms with Crippen molar-refractivity contribution < 1.29 is 4.74 Å². The third-order valence-corrected chi connectivity index (χ3v) is 3.18. The molecule has 1 aliphatic carbocycles. The Bertz CT molecular complexity index is 405. The highest BCUT2D eigenvalue weighted by Gasteiger charge is 2.46. The minimum absolute atomic E-state index is 0.355. The fourth-order valence-electron chi connectivity index (χ4n) is 1.84. The van der Waals surface area contributed by atoms with Crippen LogP contribution < -0.4 is 15.4 Å². The zero-order valence-corrected chi connectivity index (χ0v) is 10.9. The van der Waals surface area contributed by atoms with Gasteiger partial charge >= 0.3 is 0 Å². The minimum atomic E-state index is 0.355. The van der Waals surface area contributed by atoms with E-state index in [1.807, 2.05) is 6.92 Å². The van der Waals surface area contributed by atoms with Crippen LogP contribution in [0, 0.1) is 5.41 Å². The normalized spacial score (nSPS) is 20.8. The topological polar surface area (TPSA) is 59.1 Å². The third-order valence-electron chi connectivity index (χ3n) is 3.18. The molecule has 2 N–H and O–H groups in total. The van der Waals surface area contributed by atoms with E-state index in [4.69, 9.17) is 4.74 Å². The number of nitrogens with one attached hydrogen (secondary N) is 2. The van der Waals surface area contributed by atoms with Crippen molar-refractivity contribution in [2.75, 3.05) is 24.3 Å². The lowest BCUT2D eigenvalue weighted by Crippen LogP contribution is -2.12. The van der Waals surface area contributed by atoms with E-state index in [1.54, 1.807) is 13.4 Å². The first-order valence-corrected chi connectivity index (χ1v) is 5.98. The highest BCUT2D eigenvalue weighted by atomic mass is 16.5. The van der Waals surface area contributed by atoms with Crippen LogP contribution in [0.15, 0.2) is 6.33 Å². The Morgan fingerprint density at radius 2 is 2.06 bits per heavy atom. The number of hydrogen-bond donors (Lipinski definition) is 2. The molecular weight excluding hydrogens is 216 g/mol. The molecule has 1 aromatic heterocycles. The zero-order valence-electron chi connectivity index (χ0n) is 10.9. The van der Waals surface area contributed by atoms with Crippen molar-refractivity contribution in [2.24, 2.45) is 5.41 Å². The van der Waals surface area contributed by atoms with E-state index in [0.717, 1.165) is 24.6 Å². The minimum Gasteiger partial charge on any atom is -0.490 e. The zero-order chi connectivity index (χ0) is 12.5. The van der Waals surface area contributed by atoms with Crippen molar-refractivity contribution in [2.45, 2.75) is 33.2 Å². The van der Waals surface area contributed by atoms with Gasteiger partial charge in [0.15, 0.2) is 11.6 Å². The summed E-state index contributed by atoms with van der Waals surface area (Å²) in [5.74, 6) is 2.21. The molecule has 2 rings (SSSR count). The van der Waals surface area contributed by atoms with Crippen LogP contribution in [-0.4, -0.2) is 29.7 Å². The number of ether oxygens (including phenoxy) is 1. The fourth-order valence-corrected chi connectivity index (χ4v) is 1.84. The van der Waals surface area contributed by atoms with Gasteiger partial charge in [0.25, 0.3) is 0 Å². The lowest BCUT2D eigenvalue weighted by Gasteiger charge is -2.14. The fraction of sp³-hybridized carbons (Fsp3) is 0.667. The summed E-state index contributed by atoms with van der Waals surface area (Å²) in [6.45, 7) is 7.31. The first-order valence-electron chi connectivity index (χ1n) is 5.98. The molecule has 1 unspecified atom stereocenters. The standard InChI is InChI=1S/C12H20N4O/c1-5-13-10-9(17-4)11(15-7-14-10)16-8-6-12(8,2)3/h7-8H,5-6H2,1-4H3,(H2,13,14,15,16). The van der Waals surface area contributed by atoms with Gasteiger partial charge in [0.1, 0.15) is 6.33 Å². The molecule has 94 valence electrons. The number of methoxy groups -OCH3 is 1. The van der Waals surface area contributed by atoms with E-state index >= 15 is 0 Å². The molecule has 1 saturated carbocycles. The summed E-state index contributed by atoms with van der Waals surface area (Å²) < 4.78 is 5.38. The molecule has 17 heavy (non-hydrogen) atoms. The number of nitrogens with zero attached hydrogens (tertiary/aromatic N) is 2. The van der Waals surface area contributed by atoms with Crippen molar-refractivity contribution in [3.05, 3.63) is 6.33 Å². The molecule has 1 aromatic rings. The SMILES string of the molecule is CCNc1ncnc(NC2CC2(C)C)c1OC. The van der Waals surface area contributed by atoms with E-state index in [2.05, 4.69) is 34.4 Å². The average molecular weight is 236 g/mol. The highest BCUT2D eigenvalue weighted by molar-refractivity contribution is 5.64. The van der Waals surface area contributed by atoms with Crippen molar-refractivity contribution in [1.82, 2.24) is 9.97 Å². The van der Waals surface area contributed by atoms with E-state index in [1.165, 1.54) is 0 Å². The summed E-state index contributed by atoms with van der Waals surface area (Å²) in [5.41, 5.74) is 0.355. The van der Waals surface area contributed by atoms with Crippen LogP contribution in [0.3, 0.4) is 0 Å². The third kappa shape index (κ3) is 2.43. The summed E-state index contributed by atoms with van der Waals surface area (Å²) in [5, 5.41) is 6.57. The molecule has 0 saturated heterocycles. The van der Waals surface area contributed by atoms with Crippen LogP contribution in [-0.2, 0) is 0 Å². The molecule has 0 aliphatic heterocycles. The van der Waals surface area contributed by atoms with Gasteiger partial charge in [-0.25, -0.2) is 9.97 Å². The van der Waals surface area contributed by atoms with Gasteiger partial charge in [-0.05, 0) is 18.8 Å². The van der Waals surface area contributed by atoms with Gasteiger partial charge < -0.3 is 15.4 Å². The van der Waals surface area contributed by atoms with Gasteiger partial charge in [-0.1, -0.05) is 13.8 Å². The van der Waals surface area contributed by atoms with Gasteiger partial charge in [-0.2, -0.15) is 0 Å². The molecular formula is C12H20N4O. The molecule has 0 amide bonds. The smallest absolute Gasteiger partial charge is 0.204 e. The van der Waals surface area contributed by atoms with Crippen LogP contribution in [0.5, 0.6) is 5.75 Å². The summed E-state index contributed by atoms with van der Waals surface area (Å²) >= 11 is 0. The van der Waals surface area contributed by atoms with Crippen molar-refractivity contribution in [3.63, 3.8) is 0 Å². The second kappa shape index (κ2) is 4.39. The average Bonchev–Trinajstić information content (AvgIpc) is 2.87. The Kier molecular flexibility index (Phi) is 3.09. The second-order valence-corrected chi connectivity index (χ2v) is 5.02. The first-order chi connectivity index (χ1) is 8.08. The molecule has 5 heteroatoms. The van der Waals surface area contributed by atoms with Crippen molar-refractivity contribution in [3.8, 4) is 5.75 Å². The van der Waals surface area contributed by atoms with Crippen LogP contribution in [0.1, 0.15) is 27.2 Å². The molecule has 0 spiro atoms. The second-order valence-electron chi connectivity index (χ2n) is 5.02. The molecule has 0 radical (unpaired) electrons. The number of rotatable bonds is 5. The van der Waals surface area contributed by atoms with Gasteiger partial charge in [-0.15, -0.1) is 0 Å². The van der Waals surface area contributed by atoms with Gasteiger partial charge in [0, 0.05) is 12.6 Å². The number of aromatic nitrogens is 2. The molecule has 5 nitrogen and oxygen atoms in total. The largest absolute Gasteiger partial charge is 0.490 e. The monoisotopic (exact) mass is 236 g/mol. The van der Waals surface area contributed by atoms with Crippen LogP contribution in [0.2, 0.25) is 0 Å². The number of hydrogen-bond acceptors (Lipinski definition) is 5. The van der Waals surface area contributed by atoms with Crippen molar-refractivity contribution >= 4 is 11.6 Å². The Morgan fingerprint density at radius 1 is 1.41 bits per heavy atom. The van der Waals surface area contributed by atoms with Crippen LogP contribution >= 0.6 is 0 Å². The quantitative estimate of drug-likeness (QED) is 0.820. The molecule has 0 aromatic carbocycles. The van der Waals surface area contributed by atoms with Crippen LogP contribution in [0.25, 0.3) is 0 Å². The van der Waals surface area contributed by atoms with E-state index in [0.29, 0.717) is 17.2 Å². The van der Waals surface area contributed by atoms with E-state index in [-0.39, 0.29) is 0 Å².